The molecule has 0 bridgehead atoms. The van der Waals surface area contributed by atoms with Crippen LogP contribution in [0.5, 0.6) is 5.75 Å². The second-order valence-corrected chi connectivity index (χ2v) is 4.52. The van der Waals surface area contributed by atoms with Crippen molar-refractivity contribution >= 4 is 23.2 Å². The first-order valence-electron chi connectivity index (χ1n) is 5.69. The number of benzene rings is 1. The zero-order valence-corrected chi connectivity index (χ0v) is 10.5. The molecule has 1 aliphatic heterocycles. The fourth-order valence-electron chi connectivity index (χ4n) is 2.01. The standard InChI is InChI=1S/C12H14ClFN2O2/c13-11(14)12(18)16-6-4-15(5-7-16)9-2-1-3-10(17)8-9/h1-3,8,11,17H,4-7H2. The number of anilines is 1. The topological polar surface area (TPSA) is 43.8 Å². The number of piperazine rings is 1. The second kappa shape index (κ2) is 5.44. The van der Waals surface area contributed by atoms with Gasteiger partial charge in [-0.1, -0.05) is 17.7 Å². The van der Waals surface area contributed by atoms with Gasteiger partial charge >= 0.3 is 0 Å². The molecule has 0 aromatic heterocycles. The molecule has 6 heteroatoms. The molecule has 0 radical (unpaired) electrons. The number of amides is 1. The molecule has 1 aromatic carbocycles. The largest absolute Gasteiger partial charge is 0.508 e. The molecule has 0 spiro atoms. The van der Waals surface area contributed by atoms with E-state index in [0.29, 0.717) is 26.2 Å². The van der Waals surface area contributed by atoms with Crippen LogP contribution in [-0.2, 0) is 4.79 Å². The summed E-state index contributed by atoms with van der Waals surface area (Å²) in [6.07, 6.45) is 0. The van der Waals surface area contributed by atoms with Gasteiger partial charge in [-0.25, -0.2) is 4.39 Å². The van der Waals surface area contributed by atoms with Crippen LogP contribution < -0.4 is 4.90 Å². The van der Waals surface area contributed by atoms with Crippen LogP contribution in [0.1, 0.15) is 0 Å². The van der Waals surface area contributed by atoms with Gasteiger partial charge in [-0.05, 0) is 12.1 Å². The highest BCUT2D eigenvalue weighted by molar-refractivity contribution is 6.29. The van der Waals surface area contributed by atoms with E-state index >= 15 is 0 Å². The Balaban J connectivity index is 1.96. The monoisotopic (exact) mass is 272 g/mol. The van der Waals surface area contributed by atoms with Gasteiger partial charge in [-0.15, -0.1) is 0 Å². The summed E-state index contributed by atoms with van der Waals surface area (Å²) in [5.41, 5.74) is -1.07. The molecule has 18 heavy (non-hydrogen) atoms. The van der Waals surface area contributed by atoms with Crippen LogP contribution in [0.4, 0.5) is 10.1 Å². The molecule has 2 rings (SSSR count). The number of phenolic OH excluding ortho intramolecular Hbond substituents is 1. The fourth-order valence-corrected chi connectivity index (χ4v) is 2.15. The molecule has 0 aliphatic carbocycles. The lowest BCUT2D eigenvalue weighted by molar-refractivity contribution is -0.133. The predicted octanol–water partition coefficient (Wildman–Crippen LogP) is 1.58. The van der Waals surface area contributed by atoms with Gasteiger partial charge in [0, 0.05) is 37.9 Å². The summed E-state index contributed by atoms with van der Waals surface area (Å²) in [6, 6.07) is 6.91. The lowest BCUT2D eigenvalue weighted by Gasteiger charge is -2.36. The van der Waals surface area contributed by atoms with Gasteiger partial charge < -0.3 is 14.9 Å². The summed E-state index contributed by atoms with van der Waals surface area (Å²) in [6.45, 7) is 2.06. The Hall–Kier alpha value is -1.49. The highest BCUT2D eigenvalue weighted by Crippen LogP contribution is 2.21. The summed E-state index contributed by atoms with van der Waals surface area (Å²) in [5.74, 6) is -0.470. The molecule has 1 heterocycles. The molecule has 1 amide bonds. The van der Waals surface area contributed by atoms with Gasteiger partial charge in [-0.3, -0.25) is 4.79 Å². The van der Waals surface area contributed by atoms with Crippen molar-refractivity contribution in [2.45, 2.75) is 5.63 Å². The van der Waals surface area contributed by atoms with E-state index in [9.17, 15) is 14.3 Å². The van der Waals surface area contributed by atoms with E-state index in [0.717, 1.165) is 5.69 Å². The number of nitrogens with zero attached hydrogens (tertiary/aromatic N) is 2. The van der Waals surface area contributed by atoms with Crippen LogP contribution in [0, 0.1) is 0 Å². The maximum atomic E-state index is 12.7. The van der Waals surface area contributed by atoms with Crippen molar-refractivity contribution in [3.05, 3.63) is 24.3 Å². The third-order valence-electron chi connectivity index (χ3n) is 2.97. The van der Waals surface area contributed by atoms with Crippen molar-refractivity contribution in [2.75, 3.05) is 31.1 Å². The van der Waals surface area contributed by atoms with Gasteiger partial charge in [0.05, 0.1) is 0 Å². The van der Waals surface area contributed by atoms with Crippen molar-refractivity contribution < 1.29 is 14.3 Å². The van der Waals surface area contributed by atoms with Crippen molar-refractivity contribution in [3.8, 4) is 5.75 Å². The number of alkyl halides is 2. The first kappa shape index (κ1) is 13.0. The van der Waals surface area contributed by atoms with E-state index in [4.69, 9.17) is 11.6 Å². The molecule has 1 atom stereocenters. The number of aromatic hydroxyl groups is 1. The average molecular weight is 273 g/mol. The van der Waals surface area contributed by atoms with Gasteiger partial charge in [0.2, 0.25) is 0 Å². The van der Waals surface area contributed by atoms with Gasteiger partial charge in [0.25, 0.3) is 11.5 Å². The summed E-state index contributed by atoms with van der Waals surface area (Å²) >= 11 is 5.13. The minimum Gasteiger partial charge on any atom is -0.508 e. The molecular weight excluding hydrogens is 259 g/mol. The van der Waals surface area contributed by atoms with E-state index in [1.54, 1.807) is 18.2 Å². The Morgan fingerprint density at radius 1 is 1.33 bits per heavy atom. The predicted molar refractivity (Wildman–Crippen MR) is 67.6 cm³/mol. The Bertz CT molecular complexity index is 434. The van der Waals surface area contributed by atoms with Crippen LogP contribution in [0.15, 0.2) is 24.3 Å². The normalized spacial score (nSPS) is 17.7. The molecule has 98 valence electrons. The number of carbonyl (C=O) groups is 1. The molecule has 1 fully saturated rings. The number of hydrogen-bond acceptors (Lipinski definition) is 3. The number of phenols is 1. The first-order chi connectivity index (χ1) is 8.58. The Morgan fingerprint density at radius 3 is 2.56 bits per heavy atom. The van der Waals surface area contributed by atoms with Crippen molar-refractivity contribution in [1.29, 1.82) is 0 Å². The molecule has 0 saturated carbocycles. The summed E-state index contributed by atoms with van der Waals surface area (Å²) in [7, 11) is 0. The SMILES string of the molecule is O=C(C(F)Cl)N1CCN(c2cccc(O)c2)CC1. The highest BCUT2D eigenvalue weighted by atomic mass is 35.5. The van der Waals surface area contributed by atoms with Crippen molar-refractivity contribution in [1.82, 2.24) is 4.90 Å². The van der Waals surface area contributed by atoms with Gasteiger partial charge in [0.15, 0.2) is 0 Å². The third-order valence-corrected chi connectivity index (χ3v) is 3.16. The third kappa shape index (κ3) is 2.85. The number of halogens is 2. The van der Waals surface area contributed by atoms with Crippen LogP contribution >= 0.6 is 11.6 Å². The second-order valence-electron chi connectivity index (χ2n) is 4.13. The molecule has 1 N–H and O–H groups in total. The van der Waals surface area contributed by atoms with E-state index in [2.05, 4.69) is 0 Å². The highest BCUT2D eigenvalue weighted by Gasteiger charge is 2.25. The lowest BCUT2D eigenvalue weighted by Crippen LogP contribution is -2.50. The van der Waals surface area contributed by atoms with E-state index in [1.807, 2.05) is 11.0 Å². The minimum absolute atomic E-state index is 0.204. The average Bonchev–Trinajstić information content (AvgIpc) is 2.38. The van der Waals surface area contributed by atoms with E-state index in [-0.39, 0.29) is 5.75 Å². The Kier molecular flexibility index (Phi) is 3.91. The number of rotatable bonds is 2. The maximum absolute atomic E-state index is 12.7. The Morgan fingerprint density at radius 2 is 2.00 bits per heavy atom. The first-order valence-corrected chi connectivity index (χ1v) is 6.12. The molecule has 4 nitrogen and oxygen atoms in total. The summed E-state index contributed by atoms with van der Waals surface area (Å²) < 4.78 is 12.7. The zero-order valence-electron chi connectivity index (χ0n) is 9.72. The minimum atomic E-state index is -1.96. The van der Waals surface area contributed by atoms with E-state index < -0.39 is 11.5 Å². The molecular formula is C12H14ClFN2O2. The fraction of sp³-hybridized carbons (Fsp3) is 0.417. The number of hydrogen-bond donors (Lipinski definition) is 1. The molecule has 1 unspecified atom stereocenters. The van der Waals surface area contributed by atoms with Crippen molar-refractivity contribution in [3.63, 3.8) is 0 Å². The van der Waals surface area contributed by atoms with Crippen LogP contribution in [0.2, 0.25) is 0 Å². The Labute approximate surface area is 110 Å². The quantitative estimate of drug-likeness (QED) is 0.832. The van der Waals surface area contributed by atoms with Crippen molar-refractivity contribution in [2.24, 2.45) is 0 Å². The van der Waals surface area contributed by atoms with Gasteiger partial charge in [-0.2, -0.15) is 0 Å². The summed E-state index contributed by atoms with van der Waals surface area (Å²) in [4.78, 5) is 14.8. The molecule has 1 saturated heterocycles. The van der Waals surface area contributed by atoms with Crippen LogP contribution in [0.25, 0.3) is 0 Å². The maximum Gasteiger partial charge on any atom is 0.272 e. The molecule has 1 aromatic rings. The zero-order chi connectivity index (χ0) is 13.1. The van der Waals surface area contributed by atoms with Crippen LogP contribution in [-0.4, -0.2) is 47.7 Å². The van der Waals surface area contributed by atoms with Crippen LogP contribution in [0.3, 0.4) is 0 Å². The van der Waals surface area contributed by atoms with Gasteiger partial charge in [0.1, 0.15) is 5.75 Å². The molecule has 1 aliphatic rings. The summed E-state index contributed by atoms with van der Waals surface area (Å²) in [5, 5.41) is 9.40. The van der Waals surface area contributed by atoms with E-state index in [1.165, 1.54) is 4.90 Å². The lowest BCUT2D eigenvalue weighted by atomic mass is 10.2. The number of carbonyl (C=O) groups excluding carboxylic acids is 1. The smallest absolute Gasteiger partial charge is 0.272 e.